The molecule has 0 heterocycles. The second kappa shape index (κ2) is 8.86. The Hall–Kier alpha value is -2.84. The summed E-state index contributed by atoms with van der Waals surface area (Å²) in [6.45, 7) is 3.51. The molecule has 0 aliphatic carbocycles. The number of rotatable bonds is 7. The maximum atomic E-state index is 12.2. The van der Waals surface area contributed by atoms with Crippen molar-refractivity contribution < 1.29 is 14.6 Å². The van der Waals surface area contributed by atoms with Crippen LogP contribution in [0.2, 0.25) is 0 Å². The Morgan fingerprint density at radius 3 is 2.40 bits per heavy atom. The molecule has 0 saturated carbocycles. The monoisotopic (exact) mass is 338 g/mol. The summed E-state index contributed by atoms with van der Waals surface area (Å²) in [7, 11) is 0. The predicted octanol–water partition coefficient (Wildman–Crippen LogP) is 2.95. The molecule has 2 aromatic carbocycles. The Morgan fingerprint density at radius 1 is 1.16 bits per heavy atom. The fraction of sp³-hybridized carbons (Fsp3) is 0.300. The van der Waals surface area contributed by atoms with Crippen molar-refractivity contribution in [1.29, 1.82) is 5.26 Å². The predicted molar refractivity (Wildman–Crippen MR) is 94.9 cm³/mol. The number of carbonyl (C=O) groups is 1. The van der Waals surface area contributed by atoms with Gasteiger partial charge in [-0.25, -0.2) is 0 Å². The van der Waals surface area contributed by atoms with E-state index < -0.39 is 12.2 Å². The minimum Gasteiger partial charge on any atom is -0.481 e. The third-order valence-electron chi connectivity index (χ3n) is 3.82. The van der Waals surface area contributed by atoms with E-state index in [9.17, 15) is 9.90 Å². The number of ether oxygens (including phenoxy) is 1. The van der Waals surface area contributed by atoms with E-state index in [1.54, 1.807) is 31.2 Å². The van der Waals surface area contributed by atoms with Gasteiger partial charge in [-0.3, -0.25) is 4.79 Å². The van der Waals surface area contributed by atoms with Crippen LogP contribution in [0.1, 0.15) is 37.5 Å². The van der Waals surface area contributed by atoms with Gasteiger partial charge in [-0.15, -0.1) is 0 Å². The molecule has 3 unspecified atom stereocenters. The average Bonchev–Trinajstić information content (AvgIpc) is 2.62. The zero-order valence-corrected chi connectivity index (χ0v) is 14.3. The summed E-state index contributed by atoms with van der Waals surface area (Å²) < 4.78 is 5.58. The minimum absolute atomic E-state index is 0.199. The molecule has 0 spiro atoms. The van der Waals surface area contributed by atoms with Crippen LogP contribution in [0, 0.1) is 11.3 Å². The zero-order chi connectivity index (χ0) is 18.2. The molecule has 0 bridgehead atoms. The van der Waals surface area contributed by atoms with Crippen LogP contribution in [0.25, 0.3) is 0 Å². The fourth-order valence-electron chi connectivity index (χ4n) is 2.43. The highest BCUT2D eigenvalue weighted by Gasteiger charge is 2.19. The van der Waals surface area contributed by atoms with Crippen molar-refractivity contribution in [2.75, 3.05) is 0 Å². The van der Waals surface area contributed by atoms with E-state index in [1.165, 1.54) is 0 Å². The van der Waals surface area contributed by atoms with Gasteiger partial charge in [0.15, 0.2) is 6.10 Å². The first-order valence-corrected chi connectivity index (χ1v) is 8.20. The van der Waals surface area contributed by atoms with E-state index in [0.717, 1.165) is 5.56 Å². The van der Waals surface area contributed by atoms with Crippen molar-refractivity contribution >= 4 is 5.91 Å². The number of benzene rings is 2. The van der Waals surface area contributed by atoms with Gasteiger partial charge in [0.2, 0.25) is 0 Å². The van der Waals surface area contributed by atoms with Crippen molar-refractivity contribution in [3.8, 4) is 11.8 Å². The van der Waals surface area contributed by atoms with Crippen LogP contribution in [0.4, 0.5) is 0 Å². The van der Waals surface area contributed by atoms with Crippen molar-refractivity contribution in [2.24, 2.45) is 0 Å². The second-order valence-electron chi connectivity index (χ2n) is 5.97. The number of nitrogens with one attached hydrogen (secondary N) is 1. The Labute approximate surface area is 147 Å². The highest BCUT2D eigenvalue weighted by molar-refractivity contribution is 5.81. The molecule has 5 heteroatoms. The lowest BCUT2D eigenvalue weighted by molar-refractivity contribution is -0.128. The van der Waals surface area contributed by atoms with Gasteiger partial charge in [-0.2, -0.15) is 5.26 Å². The van der Waals surface area contributed by atoms with E-state index >= 15 is 0 Å². The molecule has 0 aliphatic heterocycles. The maximum absolute atomic E-state index is 12.2. The van der Waals surface area contributed by atoms with Crippen LogP contribution in [0.15, 0.2) is 54.6 Å². The van der Waals surface area contributed by atoms with Gasteiger partial charge in [0, 0.05) is 6.04 Å². The number of aliphatic hydroxyl groups excluding tert-OH is 1. The Bertz CT molecular complexity index is 723. The van der Waals surface area contributed by atoms with Gasteiger partial charge in [0.05, 0.1) is 17.7 Å². The Balaban J connectivity index is 1.84. The summed E-state index contributed by atoms with van der Waals surface area (Å²) in [5.74, 6) is 0.274. The quantitative estimate of drug-likeness (QED) is 0.813. The number of amides is 1. The lowest BCUT2D eigenvalue weighted by Crippen LogP contribution is -2.41. The van der Waals surface area contributed by atoms with Gasteiger partial charge < -0.3 is 15.2 Å². The molecular formula is C20H22N2O3. The lowest BCUT2D eigenvalue weighted by Gasteiger charge is -2.21. The number of carbonyl (C=O) groups excluding carboxylic acids is 1. The van der Waals surface area contributed by atoms with Gasteiger partial charge in [0.25, 0.3) is 5.91 Å². The van der Waals surface area contributed by atoms with E-state index in [0.29, 0.717) is 17.7 Å². The van der Waals surface area contributed by atoms with E-state index in [4.69, 9.17) is 10.00 Å². The number of hydrogen-bond donors (Lipinski definition) is 2. The summed E-state index contributed by atoms with van der Waals surface area (Å²) in [6.07, 6.45) is -0.894. The molecule has 0 radical (unpaired) electrons. The van der Waals surface area contributed by atoms with E-state index in [1.807, 2.05) is 43.3 Å². The molecule has 25 heavy (non-hydrogen) atoms. The second-order valence-corrected chi connectivity index (χ2v) is 5.97. The number of hydrogen-bond acceptors (Lipinski definition) is 4. The zero-order valence-electron chi connectivity index (χ0n) is 14.3. The van der Waals surface area contributed by atoms with Crippen LogP contribution < -0.4 is 10.1 Å². The summed E-state index contributed by atoms with van der Waals surface area (Å²) in [5, 5.41) is 21.8. The Kier molecular flexibility index (Phi) is 6.55. The Morgan fingerprint density at radius 2 is 1.80 bits per heavy atom. The topological polar surface area (TPSA) is 82.3 Å². The summed E-state index contributed by atoms with van der Waals surface area (Å²) in [4.78, 5) is 12.2. The van der Waals surface area contributed by atoms with Gasteiger partial charge in [-0.05, 0) is 50.1 Å². The molecule has 3 atom stereocenters. The minimum atomic E-state index is -0.677. The largest absolute Gasteiger partial charge is 0.481 e. The molecule has 1 amide bonds. The summed E-state index contributed by atoms with van der Waals surface area (Å²) in [5.41, 5.74) is 1.36. The van der Waals surface area contributed by atoms with Gasteiger partial charge in [-0.1, -0.05) is 30.3 Å². The molecule has 130 valence electrons. The van der Waals surface area contributed by atoms with Crippen LogP contribution in [-0.4, -0.2) is 23.2 Å². The standard InChI is InChI=1S/C20H22N2O3/c1-14(12-19(23)17-6-4-3-5-7-17)22-20(24)15(2)25-18-10-8-16(13-21)9-11-18/h3-11,14-15,19,23H,12H2,1-2H3,(H,22,24). The van der Waals surface area contributed by atoms with Crippen molar-refractivity contribution in [3.63, 3.8) is 0 Å². The third-order valence-corrected chi connectivity index (χ3v) is 3.82. The first-order valence-electron chi connectivity index (χ1n) is 8.20. The fourth-order valence-corrected chi connectivity index (χ4v) is 2.43. The van der Waals surface area contributed by atoms with Crippen LogP contribution in [0.3, 0.4) is 0 Å². The maximum Gasteiger partial charge on any atom is 0.260 e. The summed E-state index contributed by atoms with van der Waals surface area (Å²) >= 11 is 0. The van der Waals surface area contributed by atoms with E-state index in [2.05, 4.69) is 5.32 Å². The first-order chi connectivity index (χ1) is 12.0. The van der Waals surface area contributed by atoms with Crippen molar-refractivity contribution in [2.45, 2.75) is 38.5 Å². The molecule has 2 rings (SSSR count). The van der Waals surface area contributed by atoms with E-state index in [-0.39, 0.29) is 11.9 Å². The van der Waals surface area contributed by atoms with Gasteiger partial charge >= 0.3 is 0 Å². The normalized spacial score (nSPS) is 14.0. The van der Waals surface area contributed by atoms with Crippen LogP contribution >= 0.6 is 0 Å². The molecular weight excluding hydrogens is 316 g/mol. The molecule has 0 aromatic heterocycles. The first kappa shape index (κ1) is 18.5. The smallest absolute Gasteiger partial charge is 0.260 e. The van der Waals surface area contributed by atoms with Crippen molar-refractivity contribution in [1.82, 2.24) is 5.32 Å². The number of nitriles is 1. The highest BCUT2D eigenvalue weighted by atomic mass is 16.5. The third kappa shape index (κ3) is 5.63. The molecule has 0 saturated heterocycles. The molecule has 5 nitrogen and oxygen atoms in total. The van der Waals surface area contributed by atoms with Crippen LogP contribution in [-0.2, 0) is 4.79 Å². The van der Waals surface area contributed by atoms with Crippen molar-refractivity contribution in [3.05, 3.63) is 65.7 Å². The average molecular weight is 338 g/mol. The number of nitrogens with zero attached hydrogens (tertiary/aromatic N) is 1. The summed E-state index contributed by atoms with van der Waals surface area (Å²) in [6, 6.07) is 17.8. The number of aliphatic hydroxyl groups is 1. The van der Waals surface area contributed by atoms with Gasteiger partial charge in [0.1, 0.15) is 5.75 Å². The molecule has 2 aromatic rings. The molecule has 2 N–H and O–H groups in total. The SMILES string of the molecule is CC(CC(O)c1ccccc1)NC(=O)C(C)Oc1ccc(C#N)cc1. The lowest BCUT2D eigenvalue weighted by atomic mass is 10.0. The van der Waals surface area contributed by atoms with Crippen LogP contribution in [0.5, 0.6) is 5.75 Å². The molecule has 0 aliphatic rings. The molecule has 0 fully saturated rings. The highest BCUT2D eigenvalue weighted by Crippen LogP contribution is 2.18.